The maximum Gasteiger partial charge on any atom is 0.243 e. The first-order chi connectivity index (χ1) is 11.9. The van der Waals surface area contributed by atoms with E-state index in [-0.39, 0.29) is 17.8 Å². The number of benzene rings is 1. The zero-order chi connectivity index (χ0) is 18.0. The van der Waals surface area contributed by atoms with E-state index in [9.17, 15) is 9.18 Å². The van der Waals surface area contributed by atoms with Crippen LogP contribution in [-0.2, 0) is 4.79 Å². The molecule has 1 amide bonds. The van der Waals surface area contributed by atoms with Crippen molar-refractivity contribution in [2.75, 3.05) is 36.4 Å². The number of anilines is 2. The Morgan fingerprint density at radius 2 is 1.84 bits per heavy atom. The van der Waals surface area contributed by atoms with E-state index in [4.69, 9.17) is 0 Å². The van der Waals surface area contributed by atoms with E-state index < -0.39 is 0 Å². The van der Waals surface area contributed by atoms with Crippen LogP contribution in [0.2, 0.25) is 0 Å². The lowest BCUT2D eigenvalue weighted by molar-refractivity contribution is -0.120. The summed E-state index contributed by atoms with van der Waals surface area (Å²) in [6.07, 6.45) is 0. The molecule has 1 aliphatic rings. The third-order valence-corrected chi connectivity index (χ3v) is 5.68. The Hall–Kier alpha value is -1.99. The number of nitrogens with zero attached hydrogens (tertiary/aromatic N) is 3. The first-order valence-electron chi connectivity index (χ1n) is 8.43. The molecule has 1 unspecified atom stereocenters. The van der Waals surface area contributed by atoms with Gasteiger partial charge in [-0.1, -0.05) is 0 Å². The van der Waals surface area contributed by atoms with Crippen molar-refractivity contribution in [1.82, 2.24) is 9.88 Å². The Labute approximate surface area is 151 Å². The lowest BCUT2D eigenvalue weighted by Gasteiger charge is -2.38. The molecule has 0 radical (unpaired) electrons. The summed E-state index contributed by atoms with van der Waals surface area (Å²) in [6.45, 7) is 9.10. The number of carbonyl (C=O) groups excluding carboxylic acids is 1. The molecule has 1 aliphatic heterocycles. The van der Waals surface area contributed by atoms with Crippen LogP contribution in [0.4, 0.5) is 15.2 Å². The van der Waals surface area contributed by atoms with Crippen LogP contribution in [0.1, 0.15) is 17.5 Å². The minimum Gasteiger partial charge on any atom is -0.369 e. The van der Waals surface area contributed by atoms with Crippen molar-refractivity contribution in [3.05, 3.63) is 40.7 Å². The van der Waals surface area contributed by atoms with Crippen LogP contribution in [-0.4, -0.2) is 48.0 Å². The number of amides is 1. The molecule has 1 N–H and O–H groups in total. The van der Waals surface area contributed by atoms with Gasteiger partial charge in [-0.3, -0.25) is 9.69 Å². The average Bonchev–Trinajstić information content (AvgIpc) is 2.92. The van der Waals surface area contributed by atoms with Crippen LogP contribution >= 0.6 is 11.3 Å². The third-order valence-electron chi connectivity index (χ3n) is 4.69. The van der Waals surface area contributed by atoms with Crippen LogP contribution < -0.4 is 10.2 Å². The van der Waals surface area contributed by atoms with Crippen molar-refractivity contribution in [3.8, 4) is 0 Å². The molecule has 0 saturated carbocycles. The van der Waals surface area contributed by atoms with Gasteiger partial charge >= 0.3 is 0 Å². The molecule has 1 aromatic heterocycles. The molecule has 1 saturated heterocycles. The molecule has 2 heterocycles. The van der Waals surface area contributed by atoms with E-state index in [1.165, 1.54) is 23.5 Å². The van der Waals surface area contributed by atoms with E-state index in [1.807, 2.05) is 20.8 Å². The van der Waals surface area contributed by atoms with Crippen molar-refractivity contribution < 1.29 is 9.18 Å². The number of hydrogen-bond acceptors (Lipinski definition) is 5. The number of carbonyl (C=O) groups is 1. The number of aryl methyl sites for hydroxylation is 2. The van der Waals surface area contributed by atoms with Gasteiger partial charge in [-0.05, 0) is 45.0 Å². The van der Waals surface area contributed by atoms with Crippen LogP contribution in [0.15, 0.2) is 24.3 Å². The SMILES string of the molecule is Cc1nc(NC(=O)C(C)N2CCN(c3ccc(F)cc3)CC2)sc1C. The molecule has 0 aliphatic carbocycles. The number of thiazole rings is 1. The molecule has 7 heteroatoms. The van der Waals surface area contributed by atoms with Crippen LogP contribution in [0.5, 0.6) is 0 Å². The van der Waals surface area contributed by atoms with Gasteiger partial charge in [-0.2, -0.15) is 0 Å². The summed E-state index contributed by atoms with van der Waals surface area (Å²) in [5.74, 6) is -0.246. The zero-order valence-electron chi connectivity index (χ0n) is 14.8. The second-order valence-corrected chi connectivity index (χ2v) is 7.53. The third kappa shape index (κ3) is 4.16. The Bertz CT molecular complexity index is 719. The fourth-order valence-electron chi connectivity index (χ4n) is 2.92. The molecule has 5 nitrogen and oxygen atoms in total. The highest BCUT2D eigenvalue weighted by molar-refractivity contribution is 7.15. The molecule has 25 heavy (non-hydrogen) atoms. The highest BCUT2D eigenvalue weighted by Gasteiger charge is 2.26. The molecule has 134 valence electrons. The quantitative estimate of drug-likeness (QED) is 0.908. The second-order valence-electron chi connectivity index (χ2n) is 6.33. The fraction of sp³-hybridized carbons (Fsp3) is 0.444. The van der Waals surface area contributed by atoms with E-state index in [2.05, 4.69) is 20.1 Å². The Morgan fingerprint density at radius 3 is 2.40 bits per heavy atom. The van der Waals surface area contributed by atoms with Gasteiger partial charge < -0.3 is 10.2 Å². The van der Waals surface area contributed by atoms with E-state index in [0.29, 0.717) is 5.13 Å². The van der Waals surface area contributed by atoms with Gasteiger partial charge in [-0.25, -0.2) is 9.37 Å². The summed E-state index contributed by atoms with van der Waals surface area (Å²) in [4.78, 5) is 22.4. The standard InChI is InChI=1S/C18H23FN4OS/c1-12-14(3)25-18(20-12)21-17(24)13(2)22-8-10-23(11-9-22)16-6-4-15(19)5-7-16/h4-7,13H,8-11H2,1-3H3,(H,20,21,24). The van der Waals surface area contributed by atoms with Gasteiger partial charge in [0, 0.05) is 36.7 Å². The minimum absolute atomic E-state index is 0.0241. The lowest BCUT2D eigenvalue weighted by atomic mass is 10.2. The summed E-state index contributed by atoms with van der Waals surface area (Å²) in [7, 11) is 0. The van der Waals surface area contributed by atoms with Crippen molar-refractivity contribution >= 4 is 28.1 Å². The van der Waals surface area contributed by atoms with Crippen molar-refractivity contribution in [3.63, 3.8) is 0 Å². The fourth-order valence-corrected chi connectivity index (χ4v) is 3.74. The van der Waals surface area contributed by atoms with Crippen LogP contribution in [0, 0.1) is 19.7 Å². The average molecular weight is 362 g/mol. The van der Waals surface area contributed by atoms with Gasteiger partial charge in [-0.15, -0.1) is 11.3 Å². The number of piperazine rings is 1. The van der Waals surface area contributed by atoms with Crippen molar-refractivity contribution in [1.29, 1.82) is 0 Å². The van der Waals surface area contributed by atoms with Gasteiger partial charge in [0.05, 0.1) is 11.7 Å². The summed E-state index contributed by atoms with van der Waals surface area (Å²) in [5.41, 5.74) is 1.98. The number of nitrogens with one attached hydrogen (secondary N) is 1. The number of hydrogen-bond donors (Lipinski definition) is 1. The Kier molecular flexibility index (Phi) is 5.34. The molecule has 1 aromatic carbocycles. The lowest BCUT2D eigenvalue weighted by Crippen LogP contribution is -2.52. The van der Waals surface area contributed by atoms with E-state index in [1.54, 1.807) is 12.1 Å². The zero-order valence-corrected chi connectivity index (χ0v) is 15.6. The predicted octanol–water partition coefficient (Wildman–Crippen LogP) is 3.05. The highest BCUT2D eigenvalue weighted by Crippen LogP contribution is 2.22. The van der Waals surface area contributed by atoms with E-state index >= 15 is 0 Å². The monoisotopic (exact) mass is 362 g/mol. The number of aromatic nitrogens is 1. The first-order valence-corrected chi connectivity index (χ1v) is 9.25. The molecular formula is C18H23FN4OS. The summed E-state index contributed by atoms with van der Waals surface area (Å²) in [6, 6.07) is 6.36. The number of halogens is 1. The maximum absolute atomic E-state index is 13.0. The van der Waals surface area contributed by atoms with Crippen LogP contribution in [0.3, 0.4) is 0 Å². The first kappa shape index (κ1) is 17.8. The van der Waals surface area contributed by atoms with Crippen LogP contribution in [0.25, 0.3) is 0 Å². The molecule has 3 rings (SSSR count). The van der Waals surface area contributed by atoms with Gasteiger partial charge in [0.1, 0.15) is 5.82 Å². The molecule has 1 fully saturated rings. The van der Waals surface area contributed by atoms with Gasteiger partial charge in [0.2, 0.25) is 5.91 Å². The normalized spacial score (nSPS) is 16.7. The molecule has 0 bridgehead atoms. The second kappa shape index (κ2) is 7.49. The van der Waals surface area contributed by atoms with Crippen molar-refractivity contribution in [2.45, 2.75) is 26.8 Å². The van der Waals surface area contributed by atoms with Gasteiger partial charge in [0.15, 0.2) is 5.13 Å². The molecule has 2 aromatic rings. The highest BCUT2D eigenvalue weighted by atomic mass is 32.1. The Balaban J connectivity index is 1.54. The largest absolute Gasteiger partial charge is 0.369 e. The summed E-state index contributed by atoms with van der Waals surface area (Å²) in [5, 5.41) is 3.59. The summed E-state index contributed by atoms with van der Waals surface area (Å²) >= 11 is 1.51. The van der Waals surface area contributed by atoms with Gasteiger partial charge in [0.25, 0.3) is 0 Å². The number of rotatable bonds is 4. The summed E-state index contributed by atoms with van der Waals surface area (Å²) < 4.78 is 13.0. The maximum atomic E-state index is 13.0. The molecule has 1 atom stereocenters. The predicted molar refractivity (Wildman–Crippen MR) is 99.9 cm³/mol. The Morgan fingerprint density at radius 1 is 1.20 bits per heavy atom. The van der Waals surface area contributed by atoms with E-state index in [0.717, 1.165) is 42.4 Å². The minimum atomic E-state index is -0.222. The van der Waals surface area contributed by atoms with Crippen molar-refractivity contribution in [2.24, 2.45) is 0 Å². The topological polar surface area (TPSA) is 48.5 Å². The smallest absolute Gasteiger partial charge is 0.243 e. The molecule has 0 spiro atoms. The molecular weight excluding hydrogens is 339 g/mol.